The smallest absolute Gasteiger partial charge is 0.247 e. The minimum Gasteiger partial charge on any atom is -0.447 e. The van der Waals surface area contributed by atoms with E-state index in [0.717, 1.165) is 22.9 Å². The zero-order chi connectivity index (χ0) is 23.9. The lowest BCUT2D eigenvalue weighted by Gasteiger charge is -2.31. The van der Waals surface area contributed by atoms with Crippen LogP contribution < -0.4 is 9.64 Å². The minimum absolute atomic E-state index is 0.111. The normalized spacial score (nSPS) is 15.0. The number of hydrogen-bond donors (Lipinski definition) is 0. The van der Waals surface area contributed by atoms with Crippen LogP contribution in [0.5, 0.6) is 5.88 Å². The summed E-state index contributed by atoms with van der Waals surface area (Å²) >= 11 is 1.43. The Labute approximate surface area is 195 Å². The maximum Gasteiger partial charge on any atom is 0.247 e. The number of benzene rings is 2. The molecular formula is C24H24F2N4O2S. The molecule has 1 aliphatic rings. The van der Waals surface area contributed by atoms with Crippen molar-refractivity contribution in [2.75, 3.05) is 10.7 Å². The second kappa shape index (κ2) is 9.05. The number of anilines is 1. The Kier molecular flexibility index (Phi) is 6.34. The van der Waals surface area contributed by atoms with Crippen LogP contribution in [0.4, 0.5) is 14.5 Å². The number of fused-ring (bicyclic) bond motifs is 3. The number of carbonyl (C=O) groups excluding carboxylic acids is 1. The molecule has 0 spiro atoms. The molecule has 0 saturated heterocycles. The van der Waals surface area contributed by atoms with Gasteiger partial charge in [-0.15, -0.1) is 10.2 Å². The molecule has 0 N–H and O–H groups in total. The first-order valence-corrected chi connectivity index (χ1v) is 11.6. The van der Waals surface area contributed by atoms with E-state index in [0.29, 0.717) is 28.0 Å². The van der Waals surface area contributed by atoms with E-state index < -0.39 is 23.8 Å². The molecule has 33 heavy (non-hydrogen) atoms. The van der Waals surface area contributed by atoms with Gasteiger partial charge < -0.3 is 4.74 Å². The molecule has 1 aliphatic heterocycles. The summed E-state index contributed by atoms with van der Waals surface area (Å²) in [5.74, 6) is -1.21. The van der Waals surface area contributed by atoms with E-state index in [4.69, 9.17) is 4.74 Å². The Hall–Kier alpha value is -3.07. The van der Waals surface area contributed by atoms with E-state index in [1.54, 1.807) is 0 Å². The van der Waals surface area contributed by atoms with Crippen molar-refractivity contribution in [2.24, 2.45) is 5.92 Å². The molecule has 0 unspecified atom stereocenters. The number of aromatic nitrogens is 3. The number of thioether (sulfide) groups is 1. The molecule has 172 valence electrons. The van der Waals surface area contributed by atoms with Crippen molar-refractivity contribution in [2.45, 2.75) is 46.0 Å². The van der Waals surface area contributed by atoms with Crippen LogP contribution in [0.15, 0.2) is 35.5 Å². The van der Waals surface area contributed by atoms with E-state index >= 15 is 0 Å². The molecule has 2 heterocycles. The standard InChI is InChI=1S/C24H24F2N4O2S/c1-12(2)11-33-24-27-22-20(28-29-24)17-10-13(3)9-14(4)21(17)30(15(5)31)23(32-22)16-7-6-8-18(25)19(16)26/h6-10,12,23H,11H2,1-5H3/t23-/m0/s1. The second-order valence-corrected chi connectivity index (χ2v) is 9.42. The van der Waals surface area contributed by atoms with Crippen LogP contribution in [-0.2, 0) is 4.79 Å². The number of halogens is 2. The monoisotopic (exact) mass is 470 g/mol. The quantitative estimate of drug-likeness (QED) is 0.461. The fraction of sp³-hybridized carbons (Fsp3) is 0.333. The number of ether oxygens (including phenoxy) is 1. The third-order valence-electron chi connectivity index (χ3n) is 5.17. The summed E-state index contributed by atoms with van der Waals surface area (Å²) < 4.78 is 35.2. The van der Waals surface area contributed by atoms with Gasteiger partial charge in [-0.25, -0.2) is 8.78 Å². The first-order chi connectivity index (χ1) is 15.7. The summed E-state index contributed by atoms with van der Waals surface area (Å²) in [7, 11) is 0. The van der Waals surface area contributed by atoms with Crippen LogP contribution in [0, 0.1) is 31.4 Å². The van der Waals surface area contributed by atoms with Gasteiger partial charge in [0.2, 0.25) is 23.2 Å². The van der Waals surface area contributed by atoms with Gasteiger partial charge in [-0.2, -0.15) is 4.98 Å². The minimum atomic E-state index is -1.28. The summed E-state index contributed by atoms with van der Waals surface area (Å²) in [5, 5.41) is 9.03. The molecule has 0 radical (unpaired) electrons. The SMILES string of the molecule is CC(=O)N1c2c(C)cc(C)cc2-c2nnc(SCC(C)C)nc2O[C@H]1c1cccc(F)c1F. The summed E-state index contributed by atoms with van der Waals surface area (Å²) in [6.45, 7) is 9.29. The molecule has 0 saturated carbocycles. The fourth-order valence-electron chi connectivity index (χ4n) is 3.82. The van der Waals surface area contributed by atoms with Crippen LogP contribution >= 0.6 is 11.8 Å². The van der Waals surface area contributed by atoms with Crippen molar-refractivity contribution in [3.05, 3.63) is 58.7 Å². The highest BCUT2D eigenvalue weighted by molar-refractivity contribution is 7.99. The van der Waals surface area contributed by atoms with E-state index in [1.165, 1.54) is 35.7 Å². The molecule has 0 fully saturated rings. The number of nitrogens with zero attached hydrogens (tertiary/aromatic N) is 4. The first kappa shape index (κ1) is 23.1. The maximum absolute atomic E-state index is 14.9. The molecule has 4 rings (SSSR count). The second-order valence-electron chi connectivity index (χ2n) is 8.43. The number of amides is 1. The Morgan fingerprint density at radius 1 is 1.21 bits per heavy atom. The van der Waals surface area contributed by atoms with Gasteiger partial charge in [0.15, 0.2) is 17.3 Å². The van der Waals surface area contributed by atoms with Crippen LogP contribution in [0.1, 0.15) is 43.7 Å². The zero-order valence-corrected chi connectivity index (χ0v) is 19.8. The highest BCUT2D eigenvalue weighted by Crippen LogP contribution is 2.46. The first-order valence-electron chi connectivity index (χ1n) is 10.6. The van der Waals surface area contributed by atoms with E-state index in [9.17, 15) is 13.6 Å². The molecule has 6 nitrogen and oxygen atoms in total. The lowest BCUT2D eigenvalue weighted by molar-refractivity contribution is -0.118. The lowest BCUT2D eigenvalue weighted by atomic mass is 10.00. The average Bonchev–Trinajstić information content (AvgIpc) is 2.88. The van der Waals surface area contributed by atoms with Crippen LogP contribution in [0.3, 0.4) is 0 Å². The van der Waals surface area contributed by atoms with Gasteiger partial charge in [0, 0.05) is 18.2 Å². The molecule has 1 atom stereocenters. The van der Waals surface area contributed by atoms with Crippen LogP contribution in [-0.4, -0.2) is 26.8 Å². The highest BCUT2D eigenvalue weighted by atomic mass is 32.2. The topological polar surface area (TPSA) is 68.2 Å². The van der Waals surface area contributed by atoms with Gasteiger partial charge in [-0.05, 0) is 37.5 Å². The van der Waals surface area contributed by atoms with Crippen molar-refractivity contribution in [1.82, 2.24) is 15.2 Å². The van der Waals surface area contributed by atoms with Gasteiger partial charge in [-0.3, -0.25) is 9.69 Å². The molecule has 1 amide bonds. The predicted octanol–water partition coefficient (Wildman–Crippen LogP) is 5.63. The fourth-order valence-corrected chi connectivity index (χ4v) is 4.55. The van der Waals surface area contributed by atoms with Gasteiger partial charge in [-0.1, -0.05) is 49.4 Å². The third-order valence-corrected chi connectivity index (χ3v) is 6.43. The van der Waals surface area contributed by atoms with Crippen molar-refractivity contribution in [3.8, 4) is 17.1 Å². The highest BCUT2D eigenvalue weighted by Gasteiger charge is 2.37. The van der Waals surface area contributed by atoms with Crippen molar-refractivity contribution < 1.29 is 18.3 Å². The van der Waals surface area contributed by atoms with Gasteiger partial charge in [0.1, 0.15) is 0 Å². The summed E-state index contributed by atoms with van der Waals surface area (Å²) in [5.41, 5.74) is 3.03. The largest absolute Gasteiger partial charge is 0.447 e. The molecule has 9 heteroatoms. The third kappa shape index (κ3) is 4.42. The van der Waals surface area contributed by atoms with Crippen molar-refractivity contribution >= 4 is 23.4 Å². The Balaban J connectivity index is 1.98. The number of aryl methyl sites for hydroxylation is 2. The Bertz CT molecular complexity index is 1240. The van der Waals surface area contributed by atoms with Gasteiger partial charge >= 0.3 is 0 Å². The van der Waals surface area contributed by atoms with Crippen LogP contribution in [0.25, 0.3) is 11.3 Å². The Morgan fingerprint density at radius 2 is 1.97 bits per heavy atom. The average molecular weight is 471 g/mol. The van der Waals surface area contributed by atoms with Crippen molar-refractivity contribution in [1.29, 1.82) is 0 Å². The summed E-state index contributed by atoms with van der Waals surface area (Å²) in [6.07, 6.45) is -1.28. The van der Waals surface area contributed by atoms with Crippen LogP contribution in [0.2, 0.25) is 0 Å². The number of carbonyl (C=O) groups is 1. The lowest BCUT2D eigenvalue weighted by Crippen LogP contribution is -2.37. The van der Waals surface area contributed by atoms with E-state index in [1.807, 2.05) is 26.0 Å². The van der Waals surface area contributed by atoms with Gasteiger partial charge in [0.05, 0.1) is 11.3 Å². The molecule has 2 aromatic carbocycles. The number of hydrogen-bond acceptors (Lipinski definition) is 6. The Morgan fingerprint density at radius 3 is 2.67 bits per heavy atom. The van der Waals surface area contributed by atoms with Gasteiger partial charge in [0.25, 0.3) is 0 Å². The molecular weight excluding hydrogens is 446 g/mol. The van der Waals surface area contributed by atoms with E-state index in [2.05, 4.69) is 29.0 Å². The zero-order valence-electron chi connectivity index (χ0n) is 19.0. The summed E-state index contributed by atoms with van der Waals surface area (Å²) in [6, 6.07) is 7.58. The molecule has 1 aromatic heterocycles. The summed E-state index contributed by atoms with van der Waals surface area (Å²) in [4.78, 5) is 18.8. The molecule has 0 bridgehead atoms. The molecule has 0 aliphatic carbocycles. The maximum atomic E-state index is 14.9. The number of rotatable bonds is 4. The van der Waals surface area contributed by atoms with Crippen molar-refractivity contribution in [3.63, 3.8) is 0 Å². The predicted molar refractivity (Wildman–Crippen MR) is 123 cm³/mol. The van der Waals surface area contributed by atoms with E-state index in [-0.39, 0.29) is 11.4 Å². The molecule has 3 aromatic rings.